The summed E-state index contributed by atoms with van der Waals surface area (Å²) >= 11 is 0. The number of aryl methyl sites for hydroxylation is 2. The number of carbonyl (C=O) groups excluding carboxylic acids is 2. The Labute approximate surface area is 494 Å². The molecular weight excluding hydrogens is 1100 g/mol. The Bertz CT molecular complexity index is 4270. The van der Waals surface area contributed by atoms with Gasteiger partial charge in [-0.1, -0.05) is 5.92 Å². The fraction of sp³-hybridized carbons (Fsp3) is 0.311. The van der Waals surface area contributed by atoms with Crippen molar-refractivity contribution < 1.29 is 37.8 Å². The van der Waals surface area contributed by atoms with E-state index in [0.29, 0.717) is 144 Å². The van der Waals surface area contributed by atoms with Gasteiger partial charge < -0.3 is 63.1 Å². The van der Waals surface area contributed by atoms with Crippen LogP contribution in [-0.4, -0.2) is 140 Å². The SMILES string of the molecule is C#Cc1cc(Nc2nc[n+](COc3cc(Nc4ncnc5cnc(N6CCN(C(=O)OC(C)(C)C)CC6)nc45)ccc3Oc3ccc4c(c3)ncn4C)c3cnc(N4CCN(C(=O)OC(C)(C)C)CC4)nc23)ccc1Oc1ccc2c(c1)ncn2C. The van der Waals surface area contributed by atoms with Crippen molar-refractivity contribution in [3.8, 4) is 41.1 Å². The van der Waals surface area contributed by atoms with Crippen LogP contribution in [-0.2, 0) is 30.3 Å². The highest BCUT2D eigenvalue weighted by Crippen LogP contribution is 2.37. The quantitative estimate of drug-likeness (QED) is 0.0807. The Morgan fingerprint density at radius 1 is 0.581 bits per heavy atom. The van der Waals surface area contributed by atoms with Gasteiger partial charge in [-0.2, -0.15) is 4.57 Å². The second-order valence-corrected chi connectivity index (χ2v) is 22.8. The van der Waals surface area contributed by atoms with E-state index in [0.717, 1.165) is 22.1 Å². The summed E-state index contributed by atoms with van der Waals surface area (Å²) in [4.78, 5) is 75.9. The van der Waals surface area contributed by atoms with Crippen LogP contribution in [0.1, 0.15) is 47.1 Å². The third-order valence-corrected chi connectivity index (χ3v) is 14.2. The van der Waals surface area contributed by atoms with E-state index < -0.39 is 11.2 Å². The van der Waals surface area contributed by atoms with Crippen LogP contribution >= 0.6 is 0 Å². The van der Waals surface area contributed by atoms with Gasteiger partial charge in [0.15, 0.2) is 28.4 Å². The number of aromatic nitrogens is 12. The highest BCUT2D eigenvalue weighted by atomic mass is 16.6. The van der Waals surface area contributed by atoms with Crippen LogP contribution < -0.4 is 39.2 Å². The summed E-state index contributed by atoms with van der Waals surface area (Å²) in [5.41, 5.74) is 6.05. The molecule has 0 radical (unpaired) electrons. The summed E-state index contributed by atoms with van der Waals surface area (Å²) in [6.45, 7) is 14.7. The predicted molar refractivity (Wildman–Crippen MR) is 322 cm³/mol. The minimum atomic E-state index is -0.628. The molecule has 2 saturated heterocycles. The zero-order valence-electron chi connectivity index (χ0n) is 48.8. The van der Waals surface area contributed by atoms with Crippen molar-refractivity contribution in [3.05, 3.63) is 116 Å². The summed E-state index contributed by atoms with van der Waals surface area (Å²) in [6, 6.07) is 22.3. The van der Waals surface area contributed by atoms with Crippen LogP contribution in [0.2, 0.25) is 0 Å². The molecule has 12 rings (SSSR count). The van der Waals surface area contributed by atoms with E-state index >= 15 is 0 Å². The topological polar surface area (TPSA) is 247 Å². The first kappa shape index (κ1) is 55.9. The molecular formula is C61H63N18O7+. The minimum absolute atomic E-state index is 0.0775. The molecule has 6 aromatic heterocycles. The van der Waals surface area contributed by atoms with Crippen molar-refractivity contribution >= 4 is 91.2 Å². The van der Waals surface area contributed by atoms with Crippen LogP contribution in [0, 0.1) is 12.3 Å². The third kappa shape index (κ3) is 12.2. The number of fused-ring (bicyclic) bond motifs is 4. The maximum atomic E-state index is 13.0. The molecule has 4 aromatic carbocycles. The van der Waals surface area contributed by atoms with E-state index in [1.807, 2.05) is 135 Å². The van der Waals surface area contributed by atoms with Crippen molar-refractivity contribution in [3.63, 3.8) is 0 Å². The van der Waals surface area contributed by atoms with Crippen molar-refractivity contribution in [1.82, 2.24) is 63.8 Å². The normalized spacial score (nSPS) is 13.9. The van der Waals surface area contributed by atoms with Crippen LogP contribution in [0.5, 0.6) is 28.7 Å². The summed E-state index contributed by atoms with van der Waals surface area (Å²) in [5.74, 6) is 6.92. The monoisotopic (exact) mass is 1160 g/mol. The molecule has 10 aromatic rings. The van der Waals surface area contributed by atoms with Gasteiger partial charge in [-0.3, -0.25) is 0 Å². The number of hydrogen-bond donors (Lipinski definition) is 2. The van der Waals surface area contributed by atoms with Gasteiger partial charge in [0, 0.05) is 96.0 Å². The van der Waals surface area contributed by atoms with Gasteiger partial charge in [-0.25, -0.2) is 49.5 Å². The number of piperazine rings is 2. The molecule has 438 valence electrons. The number of rotatable bonds is 13. The highest BCUT2D eigenvalue weighted by Gasteiger charge is 2.30. The molecule has 0 aliphatic carbocycles. The Morgan fingerprint density at radius 2 is 1.12 bits per heavy atom. The fourth-order valence-corrected chi connectivity index (χ4v) is 9.89. The lowest BCUT2D eigenvalue weighted by atomic mass is 10.2. The zero-order chi connectivity index (χ0) is 59.9. The third-order valence-electron chi connectivity index (χ3n) is 14.2. The lowest BCUT2D eigenvalue weighted by Crippen LogP contribution is -2.50. The standard InChI is InChI=1S/C61H62N18O7/c1-10-38-27-39(11-17-49(38)83-41-13-15-46-43(29-41)66-34-73(46)8)69-55-53-48(32-63-57(72-53)76-21-25-78(26-22-76)59(81)86-61(5,6)7)79(36-68-55)37-82-51-28-40(12-18-50(51)84-42-14-16-47-44(30-42)67-35-74(47)9)70-54-52-45(64-33-65-54)31-62-56(71-52)75-19-23-77(24-20-75)58(80)85-60(2,3)4/h1,11-18,27-36H,19-26,37H2,2-9H3,(H,64,65,70)/p+1. The van der Waals surface area contributed by atoms with Gasteiger partial charge in [-0.05, 0) is 101 Å². The molecule has 2 fully saturated rings. The number of ether oxygens (including phenoxy) is 5. The summed E-state index contributed by atoms with van der Waals surface area (Å²) < 4.78 is 36.6. The van der Waals surface area contributed by atoms with Crippen LogP contribution in [0.3, 0.4) is 0 Å². The molecule has 0 bridgehead atoms. The number of benzene rings is 4. The van der Waals surface area contributed by atoms with Crippen LogP contribution in [0.25, 0.3) is 44.1 Å². The second-order valence-electron chi connectivity index (χ2n) is 22.8. The Balaban J connectivity index is 0.846. The van der Waals surface area contributed by atoms with Crippen molar-refractivity contribution in [1.29, 1.82) is 0 Å². The molecule has 2 amide bonds. The number of amides is 2. The van der Waals surface area contributed by atoms with Gasteiger partial charge in [-0.15, -0.1) is 6.42 Å². The van der Waals surface area contributed by atoms with Crippen molar-refractivity contribution in [2.75, 3.05) is 72.8 Å². The Hall–Kier alpha value is -10.6. The first-order chi connectivity index (χ1) is 41.4. The van der Waals surface area contributed by atoms with E-state index in [4.69, 9.17) is 50.0 Å². The number of anilines is 6. The van der Waals surface area contributed by atoms with Gasteiger partial charge in [0.05, 0.1) is 52.7 Å². The molecule has 0 saturated carbocycles. The molecule has 25 heteroatoms. The number of nitrogens with one attached hydrogen (secondary N) is 2. The maximum Gasteiger partial charge on any atom is 0.410 e. The van der Waals surface area contributed by atoms with E-state index in [9.17, 15) is 9.59 Å². The maximum absolute atomic E-state index is 13.0. The number of nitrogens with zero attached hydrogens (tertiary/aromatic N) is 16. The summed E-state index contributed by atoms with van der Waals surface area (Å²) in [7, 11) is 3.87. The molecule has 25 nitrogen and oxygen atoms in total. The van der Waals surface area contributed by atoms with E-state index in [2.05, 4.69) is 41.5 Å². The number of imidazole rings is 2. The molecule has 0 spiro atoms. The fourth-order valence-electron chi connectivity index (χ4n) is 9.89. The van der Waals surface area contributed by atoms with Crippen molar-refractivity contribution in [2.24, 2.45) is 14.1 Å². The van der Waals surface area contributed by atoms with E-state index in [1.165, 1.54) is 6.33 Å². The second kappa shape index (κ2) is 22.8. The largest absolute Gasteiger partial charge is 0.456 e. The molecule has 2 aliphatic rings. The molecule has 2 aliphatic heterocycles. The summed E-state index contributed by atoms with van der Waals surface area (Å²) in [5, 5.41) is 6.90. The first-order valence-electron chi connectivity index (χ1n) is 27.9. The molecule has 0 atom stereocenters. The predicted octanol–water partition coefficient (Wildman–Crippen LogP) is 9.02. The van der Waals surface area contributed by atoms with Crippen LogP contribution in [0.4, 0.5) is 44.5 Å². The number of hydrogen-bond acceptors (Lipinski definition) is 20. The average Bonchev–Trinajstić information content (AvgIpc) is 3.62. The molecule has 86 heavy (non-hydrogen) atoms. The Morgan fingerprint density at radius 3 is 1.70 bits per heavy atom. The van der Waals surface area contributed by atoms with Gasteiger partial charge in [0.1, 0.15) is 45.8 Å². The van der Waals surface area contributed by atoms with Crippen LogP contribution in [0.15, 0.2) is 110 Å². The van der Waals surface area contributed by atoms with E-state index in [-0.39, 0.29) is 18.9 Å². The smallest absolute Gasteiger partial charge is 0.410 e. The van der Waals surface area contributed by atoms with Gasteiger partial charge in [0.25, 0.3) is 12.1 Å². The molecule has 2 N–H and O–H groups in total. The average molecular weight is 1160 g/mol. The lowest BCUT2D eigenvalue weighted by molar-refractivity contribution is -0.703. The van der Waals surface area contributed by atoms with Gasteiger partial charge >= 0.3 is 12.2 Å². The number of carbonyl (C=O) groups is 2. The lowest BCUT2D eigenvalue weighted by Gasteiger charge is -2.35. The molecule has 8 heterocycles. The highest BCUT2D eigenvalue weighted by molar-refractivity contribution is 5.88. The van der Waals surface area contributed by atoms with Gasteiger partial charge in [0.2, 0.25) is 18.6 Å². The van der Waals surface area contributed by atoms with E-state index in [1.54, 1.807) is 57.9 Å². The Kier molecular flexibility index (Phi) is 14.8. The number of terminal acetylenes is 1. The zero-order valence-corrected chi connectivity index (χ0v) is 48.8. The summed E-state index contributed by atoms with van der Waals surface area (Å²) in [6.07, 6.45) is 15.4. The van der Waals surface area contributed by atoms with Crippen molar-refractivity contribution in [2.45, 2.75) is 59.5 Å². The first-order valence-corrected chi connectivity index (χ1v) is 27.9. The minimum Gasteiger partial charge on any atom is -0.456 e. The molecule has 0 unspecified atom stereocenters.